The third-order valence-corrected chi connectivity index (χ3v) is 6.82. The number of carbonyl (C=O) groups is 3. The second kappa shape index (κ2) is 8.69. The summed E-state index contributed by atoms with van der Waals surface area (Å²) in [5.74, 6) is -2.27. The number of anilines is 1. The Balaban J connectivity index is 1.69. The average molecular weight is 464 g/mol. The fourth-order valence-electron chi connectivity index (χ4n) is 2.66. The van der Waals surface area contributed by atoms with E-state index in [0.29, 0.717) is 13.0 Å². The third kappa shape index (κ3) is 4.39. The monoisotopic (exact) mass is 463 g/mol. The minimum Gasteiger partial charge on any atom is -0.480 e. The zero-order valence-electron chi connectivity index (χ0n) is 14.9. The molecule has 2 unspecified atom stereocenters. The molecule has 2 saturated heterocycles. The van der Waals surface area contributed by atoms with Crippen LogP contribution in [0.2, 0.25) is 0 Å². The first-order valence-electron chi connectivity index (χ1n) is 8.41. The van der Waals surface area contributed by atoms with Crippen molar-refractivity contribution in [1.82, 2.24) is 19.6 Å². The van der Waals surface area contributed by atoms with Crippen LogP contribution in [0.15, 0.2) is 5.16 Å². The molecule has 12 nitrogen and oxygen atoms in total. The van der Waals surface area contributed by atoms with Gasteiger partial charge >= 0.3 is 5.97 Å². The lowest BCUT2D eigenvalue weighted by Crippen LogP contribution is -2.74. The summed E-state index contributed by atoms with van der Waals surface area (Å²) in [4.78, 5) is 45.2. The molecule has 0 aromatic carbocycles. The quantitative estimate of drug-likeness (QED) is 0.118. The molecule has 6 N–H and O–H groups in total. The normalized spacial score (nSPS) is 26.5. The minimum atomic E-state index is -1.54. The molecular weight excluding hydrogens is 446 g/mol. The third-order valence-electron chi connectivity index (χ3n) is 4.18. The van der Waals surface area contributed by atoms with Gasteiger partial charge in [-0.25, -0.2) is 0 Å². The smallest absolute Gasteiger partial charge is 0.327 e. The molecule has 3 atom stereocenters. The number of nitrogens with zero attached hydrogens (tertiary/aromatic N) is 4. The molecule has 0 bridgehead atoms. The van der Waals surface area contributed by atoms with Crippen LogP contribution in [0, 0.1) is 0 Å². The zero-order valence-corrected chi connectivity index (χ0v) is 17.3. The Morgan fingerprint density at radius 1 is 1.52 bits per heavy atom. The Kier molecular flexibility index (Phi) is 6.45. The number of oxime groups is 1. The van der Waals surface area contributed by atoms with Crippen LogP contribution in [-0.4, -0.2) is 84.6 Å². The van der Waals surface area contributed by atoms with Crippen LogP contribution in [0.1, 0.15) is 12.2 Å². The number of alkyl halides is 1. The lowest BCUT2D eigenvalue weighted by atomic mass is 10.0. The van der Waals surface area contributed by atoms with Gasteiger partial charge in [-0.3, -0.25) is 14.4 Å². The summed E-state index contributed by atoms with van der Waals surface area (Å²) in [6.07, 6.45) is 0.531. The van der Waals surface area contributed by atoms with Gasteiger partial charge in [-0.2, -0.15) is 9.36 Å². The summed E-state index contributed by atoms with van der Waals surface area (Å²) in [6, 6.07) is -0.854. The maximum absolute atomic E-state index is 12.7. The number of β-lactam (4-membered cyclic amide) rings is 1. The van der Waals surface area contributed by atoms with E-state index in [9.17, 15) is 19.5 Å². The van der Waals surface area contributed by atoms with E-state index in [0.717, 1.165) is 11.5 Å². The molecular formula is C14H18ClN7O5S2. The Bertz CT molecular complexity index is 852. The maximum Gasteiger partial charge on any atom is 0.327 e. The second-order valence-electron chi connectivity index (χ2n) is 6.26. The Labute approximate surface area is 178 Å². The van der Waals surface area contributed by atoms with E-state index >= 15 is 0 Å². The number of aromatic nitrogens is 2. The molecule has 0 radical (unpaired) electrons. The van der Waals surface area contributed by atoms with Gasteiger partial charge in [0.1, 0.15) is 18.0 Å². The fourth-order valence-corrected chi connectivity index (χ4v) is 4.79. The van der Waals surface area contributed by atoms with Crippen molar-refractivity contribution in [2.24, 2.45) is 10.9 Å². The molecule has 3 rings (SSSR count). The number of aliphatic carboxylic acids is 1. The molecule has 0 aliphatic carbocycles. The number of hydrogen-bond donors (Lipinski definition) is 4. The number of nitrogens with two attached hydrogens (primary N) is 2. The van der Waals surface area contributed by atoms with E-state index in [1.807, 2.05) is 0 Å². The van der Waals surface area contributed by atoms with Crippen molar-refractivity contribution < 1.29 is 24.3 Å². The van der Waals surface area contributed by atoms with Crippen molar-refractivity contribution in [1.29, 1.82) is 0 Å². The van der Waals surface area contributed by atoms with Crippen molar-refractivity contribution in [3.8, 4) is 0 Å². The lowest BCUT2D eigenvalue weighted by Gasteiger charge is -2.52. The Morgan fingerprint density at radius 2 is 2.28 bits per heavy atom. The van der Waals surface area contributed by atoms with Crippen LogP contribution < -0.4 is 16.8 Å². The molecule has 15 heteroatoms. The van der Waals surface area contributed by atoms with Gasteiger partial charge in [-0.15, -0.1) is 23.4 Å². The van der Waals surface area contributed by atoms with Crippen molar-refractivity contribution in [3.63, 3.8) is 0 Å². The second-order valence-corrected chi connectivity index (χ2v) is 8.87. The van der Waals surface area contributed by atoms with Crippen LogP contribution in [-0.2, 0) is 19.2 Å². The molecule has 0 spiro atoms. The predicted molar refractivity (Wildman–Crippen MR) is 107 cm³/mol. The van der Waals surface area contributed by atoms with E-state index in [1.54, 1.807) is 0 Å². The Morgan fingerprint density at radius 3 is 2.90 bits per heavy atom. The summed E-state index contributed by atoms with van der Waals surface area (Å²) in [6.45, 7) is 0.442. The molecule has 29 heavy (non-hydrogen) atoms. The summed E-state index contributed by atoms with van der Waals surface area (Å²) in [5.41, 5.74) is 10.7. The van der Waals surface area contributed by atoms with Crippen LogP contribution >= 0.6 is 34.9 Å². The van der Waals surface area contributed by atoms with Gasteiger partial charge in [0.2, 0.25) is 17.4 Å². The van der Waals surface area contributed by atoms with Gasteiger partial charge in [0.05, 0.1) is 6.54 Å². The minimum absolute atomic E-state index is 0.0247. The average Bonchev–Trinajstić information content (AvgIpc) is 3.11. The molecule has 1 aromatic rings. The van der Waals surface area contributed by atoms with Gasteiger partial charge in [-0.1, -0.05) is 5.16 Å². The summed E-state index contributed by atoms with van der Waals surface area (Å²) in [5, 5.41) is 15.3. The van der Waals surface area contributed by atoms with Gasteiger partial charge < -0.3 is 31.6 Å². The van der Waals surface area contributed by atoms with E-state index in [4.69, 9.17) is 27.9 Å². The molecule has 158 valence electrons. The SMILES string of the molecule is NCCCON=C(C(=O)NC1C(=O)N2CC(Cl)(C(=O)O)CS[C@H]12)c1nsc(N)n1. The maximum atomic E-state index is 12.7. The number of carboxylic acids is 1. The summed E-state index contributed by atoms with van der Waals surface area (Å²) in [7, 11) is 0. The highest BCUT2D eigenvalue weighted by Gasteiger charge is 2.57. The molecule has 0 saturated carbocycles. The van der Waals surface area contributed by atoms with Gasteiger partial charge in [0.25, 0.3) is 5.91 Å². The first-order valence-corrected chi connectivity index (χ1v) is 10.6. The first-order chi connectivity index (χ1) is 13.8. The topological polar surface area (TPSA) is 186 Å². The molecule has 2 aliphatic heterocycles. The Hall–Kier alpha value is -2.16. The van der Waals surface area contributed by atoms with E-state index in [-0.39, 0.29) is 35.6 Å². The predicted octanol–water partition coefficient (Wildman–Crippen LogP) is -1.35. The number of carbonyl (C=O) groups excluding carboxylic acids is 2. The highest BCUT2D eigenvalue weighted by atomic mass is 35.5. The van der Waals surface area contributed by atoms with Gasteiger partial charge in [0, 0.05) is 17.3 Å². The summed E-state index contributed by atoms with van der Waals surface area (Å²) >= 11 is 8.13. The number of thioether (sulfide) groups is 1. The number of halogens is 1. The number of amides is 2. The van der Waals surface area contributed by atoms with Gasteiger partial charge in [0.15, 0.2) is 10.0 Å². The number of hydrogen-bond acceptors (Lipinski definition) is 11. The van der Waals surface area contributed by atoms with Crippen LogP contribution in [0.5, 0.6) is 0 Å². The van der Waals surface area contributed by atoms with Crippen molar-refractivity contribution in [2.75, 3.05) is 31.2 Å². The number of nitrogen functional groups attached to an aromatic ring is 1. The standard InChI is InChI=1S/C14H18ClN7O5S2/c15-14(12(25)26)4-22-10(24)7(11(22)28-5-14)18-9(23)6(20-27-3-1-2-16)8-19-13(17)29-21-8/h7,11H,1-5,16H2,(H,18,23)(H,25,26)(H2,17,19,21)/t7?,11-,14?/m1/s1. The van der Waals surface area contributed by atoms with E-state index < -0.39 is 34.1 Å². The van der Waals surface area contributed by atoms with Gasteiger partial charge in [-0.05, 0) is 13.0 Å². The van der Waals surface area contributed by atoms with Crippen molar-refractivity contribution in [2.45, 2.75) is 22.7 Å². The summed E-state index contributed by atoms with van der Waals surface area (Å²) < 4.78 is 3.95. The van der Waals surface area contributed by atoms with E-state index in [1.165, 1.54) is 16.7 Å². The molecule has 2 amide bonds. The molecule has 2 fully saturated rings. The highest BCUT2D eigenvalue weighted by molar-refractivity contribution is 8.00. The molecule has 3 heterocycles. The molecule has 1 aromatic heterocycles. The van der Waals surface area contributed by atoms with Crippen LogP contribution in [0.3, 0.4) is 0 Å². The largest absolute Gasteiger partial charge is 0.480 e. The number of nitrogens with one attached hydrogen (secondary N) is 1. The zero-order chi connectivity index (χ0) is 21.2. The number of rotatable bonds is 8. The van der Waals surface area contributed by atoms with Crippen LogP contribution in [0.4, 0.5) is 5.13 Å². The van der Waals surface area contributed by atoms with Crippen LogP contribution in [0.25, 0.3) is 0 Å². The highest BCUT2D eigenvalue weighted by Crippen LogP contribution is 2.41. The lowest BCUT2D eigenvalue weighted by molar-refractivity contribution is -0.151. The fraction of sp³-hybridized carbons (Fsp3) is 0.571. The number of fused-ring (bicyclic) bond motifs is 1. The van der Waals surface area contributed by atoms with E-state index in [2.05, 4.69) is 19.8 Å². The molecule has 2 aliphatic rings. The van der Waals surface area contributed by atoms with Crippen molar-refractivity contribution >= 4 is 63.5 Å². The first kappa shape index (κ1) is 21.5. The van der Waals surface area contributed by atoms with Crippen molar-refractivity contribution in [3.05, 3.63) is 5.82 Å². The number of carboxylic acid groups (broad SMARTS) is 1.